The fraction of sp³-hybridized carbons (Fsp3) is 0.455. The standard InChI is InChI=1S/C11H13BrN2O4S/c12-10-6-8(14(15)16)3-4-11(10)13-7-9-2-1-5-19(9,17)18/h3-4,6,9,13H,1-2,5,7H2. The van der Waals surface area contributed by atoms with E-state index in [1.807, 2.05) is 0 Å². The summed E-state index contributed by atoms with van der Waals surface area (Å²) in [7, 11) is -2.98. The average Bonchev–Trinajstić information content (AvgIpc) is 2.66. The van der Waals surface area contributed by atoms with Gasteiger partial charge in [0, 0.05) is 28.8 Å². The zero-order valence-electron chi connectivity index (χ0n) is 10.0. The van der Waals surface area contributed by atoms with Gasteiger partial charge in [-0.2, -0.15) is 0 Å². The number of benzene rings is 1. The number of halogens is 1. The van der Waals surface area contributed by atoms with E-state index in [4.69, 9.17) is 0 Å². The molecular weight excluding hydrogens is 336 g/mol. The Morgan fingerprint density at radius 2 is 2.21 bits per heavy atom. The van der Waals surface area contributed by atoms with Crippen molar-refractivity contribution in [2.45, 2.75) is 18.1 Å². The predicted molar refractivity (Wildman–Crippen MR) is 76.1 cm³/mol. The van der Waals surface area contributed by atoms with Crippen molar-refractivity contribution in [2.24, 2.45) is 0 Å². The number of nitrogens with zero attached hydrogens (tertiary/aromatic N) is 1. The van der Waals surface area contributed by atoms with Crippen LogP contribution in [0.3, 0.4) is 0 Å². The topological polar surface area (TPSA) is 89.3 Å². The molecule has 8 heteroatoms. The van der Waals surface area contributed by atoms with Crippen molar-refractivity contribution in [3.8, 4) is 0 Å². The van der Waals surface area contributed by atoms with E-state index >= 15 is 0 Å². The number of nitro groups is 1. The number of nitrogens with one attached hydrogen (secondary N) is 1. The molecule has 1 N–H and O–H groups in total. The third-order valence-electron chi connectivity index (χ3n) is 3.15. The van der Waals surface area contributed by atoms with Gasteiger partial charge >= 0.3 is 0 Å². The molecule has 0 spiro atoms. The lowest BCUT2D eigenvalue weighted by Gasteiger charge is -2.13. The molecule has 1 heterocycles. The Kier molecular flexibility index (Phi) is 4.10. The summed E-state index contributed by atoms with van der Waals surface area (Å²) in [5.74, 6) is 0.251. The van der Waals surface area contributed by atoms with Gasteiger partial charge in [0.05, 0.1) is 15.9 Å². The first-order valence-corrected chi connectivity index (χ1v) is 8.30. The lowest BCUT2D eigenvalue weighted by molar-refractivity contribution is -0.384. The molecule has 1 aliphatic rings. The molecule has 6 nitrogen and oxygen atoms in total. The average molecular weight is 349 g/mol. The van der Waals surface area contributed by atoms with Gasteiger partial charge in [0.15, 0.2) is 9.84 Å². The minimum atomic E-state index is -2.98. The number of anilines is 1. The molecule has 0 aromatic heterocycles. The Labute approximate surface area is 119 Å². The van der Waals surface area contributed by atoms with Crippen LogP contribution in [0.25, 0.3) is 0 Å². The molecule has 0 radical (unpaired) electrons. The number of hydrogen-bond donors (Lipinski definition) is 1. The molecule has 1 aromatic rings. The highest BCUT2D eigenvalue weighted by Crippen LogP contribution is 2.28. The van der Waals surface area contributed by atoms with Gasteiger partial charge in [0.2, 0.25) is 0 Å². The lowest BCUT2D eigenvalue weighted by atomic mass is 10.2. The van der Waals surface area contributed by atoms with Crippen molar-refractivity contribution < 1.29 is 13.3 Å². The summed E-state index contributed by atoms with van der Waals surface area (Å²) in [5, 5.41) is 13.3. The number of hydrogen-bond acceptors (Lipinski definition) is 5. The summed E-state index contributed by atoms with van der Waals surface area (Å²) in [6.07, 6.45) is 1.37. The molecule has 0 saturated carbocycles. The maximum Gasteiger partial charge on any atom is 0.270 e. The summed E-state index contributed by atoms with van der Waals surface area (Å²) in [6.45, 7) is 0.332. The Morgan fingerprint density at radius 1 is 1.47 bits per heavy atom. The van der Waals surface area contributed by atoms with E-state index in [-0.39, 0.29) is 16.7 Å². The SMILES string of the molecule is O=[N+]([O-])c1ccc(NCC2CCCS2(=O)=O)c(Br)c1. The van der Waals surface area contributed by atoms with Crippen LogP contribution >= 0.6 is 15.9 Å². The van der Waals surface area contributed by atoms with Gasteiger partial charge in [-0.1, -0.05) is 0 Å². The molecule has 0 aliphatic carbocycles. The minimum absolute atomic E-state index is 0.00841. The largest absolute Gasteiger partial charge is 0.383 e. The Morgan fingerprint density at radius 3 is 2.74 bits per heavy atom. The van der Waals surface area contributed by atoms with E-state index in [1.54, 1.807) is 6.07 Å². The maximum atomic E-state index is 11.7. The maximum absolute atomic E-state index is 11.7. The molecule has 19 heavy (non-hydrogen) atoms. The molecule has 1 aliphatic heterocycles. The number of nitro benzene ring substituents is 1. The summed E-state index contributed by atoms with van der Waals surface area (Å²) in [6, 6.07) is 4.35. The minimum Gasteiger partial charge on any atom is -0.383 e. The highest BCUT2D eigenvalue weighted by atomic mass is 79.9. The Bertz CT molecular complexity index is 603. The molecule has 1 saturated heterocycles. The van der Waals surface area contributed by atoms with Gasteiger partial charge in [0.1, 0.15) is 0 Å². The van der Waals surface area contributed by atoms with Gasteiger partial charge in [-0.25, -0.2) is 8.42 Å². The van der Waals surface area contributed by atoms with E-state index in [0.717, 1.165) is 0 Å². The monoisotopic (exact) mass is 348 g/mol. The molecule has 104 valence electrons. The highest BCUT2D eigenvalue weighted by Gasteiger charge is 2.30. The third kappa shape index (κ3) is 3.24. The second-order valence-electron chi connectivity index (χ2n) is 4.43. The van der Waals surface area contributed by atoms with Crippen LogP contribution in [-0.2, 0) is 9.84 Å². The van der Waals surface area contributed by atoms with Crippen LogP contribution < -0.4 is 5.32 Å². The summed E-state index contributed by atoms with van der Waals surface area (Å²) < 4.78 is 23.9. The van der Waals surface area contributed by atoms with E-state index in [0.29, 0.717) is 29.5 Å². The van der Waals surface area contributed by atoms with Crippen LogP contribution in [0.5, 0.6) is 0 Å². The van der Waals surface area contributed by atoms with Crippen LogP contribution in [0.1, 0.15) is 12.8 Å². The fourth-order valence-electron chi connectivity index (χ4n) is 2.07. The molecule has 1 unspecified atom stereocenters. The predicted octanol–water partition coefficient (Wildman–Crippen LogP) is 2.35. The van der Waals surface area contributed by atoms with Gasteiger partial charge < -0.3 is 5.32 Å². The number of rotatable bonds is 4. The smallest absolute Gasteiger partial charge is 0.270 e. The van der Waals surface area contributed by atoms with Gasteiger partial charge in [0.25, 0.3) is 5.69 Å². The van der Waals surface area contributed by atoms with Crippen molar-refractivity contribution in [1.82, 2.24) is 0 Å². The highest BCUT2D eigenvalue weighted by molar-refractivity contribution is 9.10. The second-order valence-corrected chi connectivity index (χ2v) is 7.69. The zero-order valence-corrected chi connectivity index (χ0v) is 12.4. The first-order chi connectivity index (χ1) is 8.90. The lowest BCUT2D eigenvalue weighted by Crippen LogP contribution is -2.25. The van der Waals surface area contributed by atoms with Crippen molar-refractivity contribution in [2.75, 3.05) is 17.6 Å². The Hall–Kier alpha value is -1.15. The van der Waals surface area contributed by atoms with Crippen LogP contribution in [0.15, 0.2) is 22.7 Å². The summed E-state index contributed by atoms with van der Waals surface area (Å²) in [5.41, 5.74) is 0.651. The molecule has 0 amide bonds. The first kappa shape index (κ1) is 14.3. The molecular formula is C11H13BrN2O4S. The van der Waals surface area contributed by atoms with Crippen LogP contribution in [0.2, 0.25) is 0 Å². The molecule has 1 aromatic carbocycles. The third-order valence-corrected chi connectivity index (χ3v) is 6.08. The van der Waals surface area contributed by atoms with Gasteiger partial charge in [-0.15, -0.1) is 0 Å². The van der Waals surface area contributed by atoms with Crippen LogP contribution in [0, 0.1) is 10.1 Å². The van der Waals surface area contributed by atoms with Gasteiger partial charge in [-0.05, 0) is 34.8 Å². The number of non-ortho nitro benzene ring substituents is 1. The van der Waals surface area contributed by atoms with E-state index in [1.165, 1.54) is 12.1 Å². The normalized spacial score (nSPS) is 21.2. The molecule has 0 bridgehead atoms. The van der Waals surface area contributed by atoms with Crippen molar-refractivity contribution in [1.29, 1.82) is 0 Å². The van der Waals surface area contributed by atoms with E-state index < -0.39 is 14.8 Å². The van der Waals surface area contributed by atoms with Crippen molar-refractivity contribution >= 4 is 37.1 Å². The van der Waals surface area contributed by atoms with E-state index in [9.17, 15) is 18.5 Å². The van der Waals surface area contributed by atoms with Crippen LogP contribution in [0.4, 0.5) is 11.4 Å². The van der Waals surface area contributed by atoms with Crippen molar-refractivity contribution in [3.05, 3.63) is 32.8 Å². The first-order valence-electron chi connectivity index (χ1n) is 5.79. The number of sulfone groups is 1. The molecule has 2 rings (SSSR count). The van der Waals surface area contributed by atoms with Crippen LogP contribution in [-0.4, -0.2) is 30.9 Å². The zero-order chi connectivity index (χ0) is 14.0. The van der Waals surface area contributed by atoms with Crippen molar-refractivity contribution in [3.63, 3.8) is 0 Å². The second kappa shape index (κ2) is 5.46. The fourth-order valence-corrected chi connectivity index (χ4v) is 4.34. The molecule has 1 atom stereocenters. The van der Waals surface area contributed by atoms with Gasteiger partial charge in [-0.3, -0.25) is 10.1 Å². The van der Waals surface area contributed by atoms with E-state index in [2.05, 4.69) is 21.2 Å². The quantitative estimate of drug-likeness (QED) is 0.666. The molecule has 1 fully saturated rings. The summed E-state index contributed by atoms with van der Waals surface area (Å²) in [4.78, 5) is 10.1. The Balaban J connectivity index is 2.06. The summed E-state index contributed by atoms with van der Waals surface area (Å²) >= 11 is 3.24.